The number of hydrogen-bond acceptors (Lipinski definition) is 5. The number of rotatable bonds is 11. The summed E-state index contributed by atoms with van der Waals surface area (Å²) < 4.78 is 1.29. The molecule has 1 radical (unpaired) electrons. The van der Waals surface area contributed by atoms with Gasteiger partial charge in [0.05, 0.1) is 0 Å². The van der Waals surface area contributed by atoms with E-state index >= 15 is 0 Å². The number of carbonyl (C=O) groups excluding carboxylic acids is 1. The Bertz CT molecular complexity index is 1960. The molecule has 3 aromatic heterocycles. The fraction of sp³-hybridized carbons (Fsp3) is 0.444. The summed E-state index contributed by atoms with van der Waals surface area (Å²) in [6, 6.07) is 20.9. The van der Waals surface area contributed by atoms with Gasteiger partial charge in [0, 0.05) is 76.4 Å². The first-order chi connectivity index (χ1) is 23.6. The average molecular weight is 882 g/mol. The summed E-state index contributed by atoms with van der Waals surface area (Å²) >= 11 is 1.79. The first-order valence-corrected chi connectivity index (χ1v) is 19.2. The molecule has 0 saturated carbocycles. The van der Waals surface area contributed by atoms with Gasteiger partial charge in [0.2, 0.25) is 0 Å². The Labute approximate surface area is 324 Å². The van der Waals surface area contributed by atoms with Gasteiger partial charge in [-0.15, -0.1) is 40.5 Å². The van der Waals surface area contributed by atoms with Crippen LogP contribution in [0.5, 0.6) is 0 Å². The topological polar surface area (TPSA) is 63.1 Å². The van der Waals surface area contributed by atoms with Gasteiger partial charge >= 0.3 is 0 Å². The van der Waals surface area contributed by atoms with Crippen molar-refractivity contribution in [3.63, 3.8) is 0 Å². The summed E-state index contributed by atoms with van der Waals surface area (Å²) in [5.74, 6) is 0.891. The van der Waals surface area contributed by atoms with Gasteiger partial charge in [-0.1, -0.05) is 111 Å². The molecule has 0 bridgehead atoms. The Morgan fingerprint density at radius 1 is 0.882 bits per heavy atom. The summed E-state index contributed by atoms with van der Waals surface area (Å²) in [6.07, 6.45) is 9.72. The number of ketones is 1. The predicted molar refractivity (Wildman–Crippen MR) is 215 cm³/mol. The van der Waals surface area contributed by atoms with E-state index in [4.69, 9.17) is 9.97 Å². The maximum atomic E-state index is 12.2. The van der Waals surface area contributed by atoms with Crippen LogP contribution in [0.15, 0.2) is 78.1 Å². The normalized spacial score (nSPS) is 12.5. The van der Waals surface area contributed by atoms with E-state index in [9.17, 15) is 9.90 Å². The van der Waals surface area contributed by atoms with Crippen molar-refractivity contribution >= 4 is 38.0 Å². The van der Waals surface area contributed by atoms with Crippen molar-refractivity contribution in [2.24, 2.45) is 16.7 Å². The van der Waals surface area contributed by atoms with Crippen molar-refractivity contribution in [2.45, 2.75) is 114 Å². The number of allylic oxidation sites excluding steroid dienone is 2. The number of aliphatic hydroxyl groups excluding tert-OH is 1. The van der Waals surface area contributed by atoms with Crippen LogP contribution in [0.25, 0.3) is 43.2 Å². The minimum Gasteiger partial charge on any atom is -0.512 e. The van der Waals surface area contributed by atoms with Gasteiger partial charge in [-0.3, -0.25) is 14.8 Å². The molecule has 0 fully saturated rings. The standard InChI is InChI=1S/C30H29N2S.C15H28O2.Ir/c1-19(2)12-23-16-29-25(17-32-23)26(18-33-29)21-10-11-31-28(15-21)22-13-20-8-6-7-9-24(20)27(14-22)30(3,4)5;1-7-14(5,8-2)12(16)11-13(17)15(6,9-3)10-4;/h6-11,14-19H,12H2,1-5H3;11,16H,7-10H2,1-6H3;/q-1;;/b;12-11-;. The van der Waals surface area contributed by atoms with Gasteiger partial charge in [0.15, 0.2) is 5.78 Å². The van der Waals surface area contributed by atoms with Gasteiger partial charge in [-0.25, -0.2) is 0 Å². The fourth-order valence-electron chi connectivity index (χ4n) is 6.13. The number of benzene rings is 2. The molecule has 0 spiro atoms. The van der Waals surface area contributed by atoms with Crippen LogP contribution in [0.1, 0.15) is 113 Å². The maximum Gasteiger partial charge on any atom is 0.164 e. The van der Waals surface area contributed by atoms with Crippen molar-refractivity contribution in [3.05, 3.63) is 95.5 Å². The van der Waals surface area contributed by atoms with Crippen molar-refractivity contribution < 1.29 is 30.0 Å². The second-order valence-corrected chi connectivity index (χ2v) is 16.6. The molecular weight excluding hydrogens is 825 g/mol. The van der Waals surface area contributed by atoms with E-state index < -0.39 is 0 Å². The molecule has 6 heteroatoms. The van der Waals surface area contributed by atoms with Crippen molar-refractivity contribution in [1.82, 2.24) is 9.97 Å². The number of aliphatic hydroxyl groups is 1. The summed E-state index contributed by atoms with van der Waals surface area (Å²) in [4.78, 5) is 21.7. The SMILES string of the molecule is CC(C)Cc1cc2scc(-c3ccnc(-c4[c-]c5ccccc5c(C(C)(C)C)c4)c3)c2cn1.CCC(C)(CC)C(=O)/C=C(\O)C(C)(CC)CC.[Ir]. The minimum atomic E-state index is -0.337. The summed E-state index contributed by atoms with van der Waals surface area (Å²) in [5.41, 5.74) is 6.30. The van der Waals surface area contributed by atoms with E-state index in [1.807, 2.05) is 53.9 Å². The van der Waals surface area contributed by atoms with E-state index in [0.717, 1.165) is 48.7 Å². The first-order valence-electron chi connectivity index (χ1n) is 18.3. The number of fused-ring (bicyclic) bond motifs is 2. The van der Waals surface area contributed by atoms with E-state index in [-0.39, 0.29) is 47.9 Å². The van der Waals surface area contributed by atoms with Crippen LogP contribution < -0.4 is 0 Å². The number of hydrogen-bond donors (Lipinski definition) is 1. The van der Waals surface area contributed by atoms with Crippen LogP contribution >= 0.6 is 11.3 Å². The summed E-state index contributed by atoms with van der Waals surface area (Å²) in [6.45, 7) is 23.3. The molecule has 2 aromatic carbocycles. The number of nitrogens with zero attached hydrogens (tertiary/aromatic N) is 2. The number of carbonyl (C=O) groups is 1. The Morgan fingerprint density at radius 2 is 1.53 bits per heavy atom. The Balaban J connectivity index is 0.000000335. The molecule has 4 nitrogen and oxygen atoms in total. The van der Waals surface area contributed by atoms with Crippen LogP contribution in [-0.2, 0) is 36.7 Å². The number of aromatic nitrogens is 2. The largest absolute Gasteiger partial charge is 0.512 e. The molecule has 0 unspecified atom stereocenters. The Kier molecular flexibility index (Phi) is 14.5. The monoisotopic (exact) mass is 882 g/mol. The van der Waals surface area contributed by atoms with Crippen LogP contribution in [0.4, 0.5) is 0 Å². The van der Waals surface area contributed by atoms with E-state index in [1.165, 1.54) is 43.9 Å². The third-order valence-corrected chi connectivity index (χ3v) is 11.6. The second-order valence-electron chi connectivity index (χ2n) is 15.7. The Hall–Kier alpha value is -3.18. The zero-order valence-corrected chi connectivity index (χ0v) is 35.7. The number of thiophene rings is 1. The van der Waals surface area contributed by atoms with Gasteiger partial charge in [-0.2, -0.15) is 0 Å². The molecule has 0 aliphatic rings. The van der Waals surface area contributed by atoms with Crippen LogP contribution in [-0.4, -0.2) is 20.9 Å². The second kappa shape index (κ2) is 17.6. The quantitative estimate of drug-likeness (QED) is 0.0815. The molecule has 3 heterocycles. The van der Waals surface area contributed by atoms with Crippen LogP contribution in [0.2, 0.25) is 0 Å². The summed E-state index contributed by atoms with van der Waals surface area (Å²) in [7, 11) is 0. The van der Waals surface area contributed by atoms with Crippen LogP contribution in [0, 0.1) is 22.8 Å². The molecule has 5 rings (SSSR count). The average Bonchev–Trinajstić information content (AvgIpc) is 3.53. The molecule has 51 heavy (non-hydrogen) atoms. The zero-order chi connectivity index (χ0) is 36.9. The van der Waals surface area contributed by atoms with Gasteiger partial charge in [-0.05, 0) is 66.5 Å². The van der Waals surface area contributed by atoms with Crippen LogP contribution in [0.3, 0.4) is 0 Å². The van der Waals surface area contributed by atoms with E-state index in [0.29, 0.717) is 5.92 Å². The predicted octanol–water partition coefficient (Wildman–Crippen LogP) is 13.1. The maximum absolute atomic E-state index is 12.2. The third kappa shape index (κ3) is 9.83. The molecule has 0 amide bonds. The number of pyridine rings is 2. The first kappa shape index (κ1) is 42.2. The minimum absolute atomic E-state index is 0. The fourth-order valence-corrected chi connectivity index (χ4v) is 7.14. The van der Waals surface area contributed by atoms with E-state index in [1.54, 1.807) is 11.3 Å². The molecular formula is C45H57IrN2O2S-. The molecule has 1 N–H and O–H groups in total. The zero-order valence-electron chi connectivity index (χ0n) is 32.5. The third-order valence-electron chi connectivity index (χ3n) is 10.7. The molecule has 0 atom stereocenters. The molecule has 5 aromatic rings. The Morgan fingerprint density at radius 3 is 2.14 bits per heavy atom. The smallest absolute Gasteiger partial charge is 0.164 e. The van der Waals surface area contributed by atoms with Crippen molar-refractivity contribution in [2.75, 3.05) is 0 Å². The van der Waals surface area contributed by atoms with E-state index in [2.05, 4.69) is 94.6 Å². The molecule has 0 aliphatic heterocycles. The van der Waals surface area contributed by atoms with Crippen molar-refractivity contribution in [1.29, 1.82) is 0 Å². The van der Waals surface area contributed by atoms with Gasteiger partial charge in [0.25, 0.3) is 0 Å². The molecule has 0 saturated heterocycles. The van der Waals surface area contributed by atoms with Gasteiger partial charge < -0.3 is 5.11 Å². The summed E-state index contributed by atoms with van der Waals surface area (Å²) in [5, 5.41) is 16.0. The molecule has 0 aliphatic carbocycles. The van der Waals surface area contributed by atoms with Crippen molar-refractivity contribution in [3.8, 4) is 22.4 Å². The molecule has 275 valence electrons. The van der Waals surface area contributed by atoms with Gasteiger partial charge in [0.1, 0.15) is 5.76 Å².